The Hall–Kier alpha value is -1.13. The van der Waals surface area contributed by atoms with E-state index in [-0.39, 0.29) is 0 Å². The second-order valence-electron chi connectivity index (χ2n) is 2.77. The quantitative estimate of drug-likeness (QED) is 0.580. The first-order valence-corrected chi connectivity index (χ1v) is 3.76. The number of nitrogens with two attached hydrogens (primary N) is 2. The van der Waals surface area contributed by atoms with E-state index < -0.39 is 12.1 Å². The van der Waals surface area contributed by atoms with Crippen LogP contribution >= 0.6 is 0 Å². The molecule has 2 unspecified atom stereocenters. The van der Waals surface area contributed by atoms with Crippen molar-refractivity contribution in [2.45, 2.75) is 19.1 Å². The highest BCUT2D eigenvalue weighted by atomic mass is 16.3. The summed E-state index contributed by atoms with van der Waals surface area (Å²) in [6, 6.07) is 1.20. The summed E-state index contributed by atoms with van der Waals surface area (Å²) in [5.41, 5.74) is 12.6. The van der Waals surface area contributed by atoms with E-state index in [1.165, 1.54) is 0 Å². The maximum absolute atomic E-state index is 9.19. The fourth-order valence-corrected chi connectivity index (χ4v) is 0.956. The molecule has 0 amide bonds. The van der Waals surface area contributed by atoms with Crippen LogP contribution in [0.25, 0.3) is 0 Å². The number of aliphatic hydroxyl groups is 1. The van der Waals surface area contributed by atoms with Crippen molar-refractivity contribution < 1.29 is 5.11 Å². The van der Waals surface area contributed by atoms with E-state index in [0.717, 1.165) is 0 Å². The number of nitrogen functional groups attached to an aromatic ring is 1. The molecule has 0 saturated carbocycles. The van der Waals surface area contributed by atoms with Crippen LogP contribution in [0.2, 0.25) is 0 Å². The summed E-state index contributed by atoms with van der Waals surface area (Å²) in [5.74, 6) is 0. The number of hydrogen-bond donors (Lipinski definition) is 3. The number of pyridine rings is 1. The van der Waals surface area contributed by atoms with Crippen molar-refractivity contribution in [1.82, 2.24) is 4.98 Å². The van der Waals surface area contributed by atoms with Crippen LogP contribution in [0.3, 0.4) is 0 Å². The number of aromatic nitrogens is 1. The fraction of sp³-hybridized carbons (Fsp3) is 0.375. The molecule has 4 heteroatoms. The van der Waals surface area contributed by atoms with Gasteiger partial charge in [-0.1, -0.05) is 0 Å². The minimum absolute atomic E-state index is 0.460. The minimum atomic E-state index is -0.614. The van der Waals surface area contributed by atoms with Crippen molar-refractivity contribution in [3.8, 4) is 0 Å². The summed E-state index contributed by atoms with van der Waals surface area (Å²) >= 11 is 0. The van der Waals surface area contributed by atoms with Crippen LogP contribution in [0.1, 0.15) is 18.5 Å². The molecule has 0 fully saturated rings. The maximum atomic E-state index is 9.19. The lowest BCUT2D eigenvalue weighted by Gasteiger charge is -2.15. The van der Waals surface area contributed by atoms with Gasteiger partial charge in [-0.2, -0.15) is 0 Å². The summed E-state index contributed by atoms with van der Waals surface area (Å²) in [6.07, 6.45) is 2.55. The van der Waals surface area contributed by atoms with Gasteiger partial charge >= 0.3 is 0 Å². The Morgan fingerprint density at radius 1 is 1.58 bits per heavy atom. The Morgan fingerprint density at radius 3 is 2.75 bits per heavy atom. The average molecular weight is 167 g/mol. The molecular formula is C8H13N3O. The highest BCUT2D eigenvalue weighted by molar-refractivity contribution is 5.46. The number of rotatable bonds is 2. The molecule has 0 aliphatic carbocycles. The largest absolute Gasteiger partial charge is 0.398 e. The first kappa shape index (κ1) is 8.96. The molecule has 66 valence electrons. The van der Waals surface area contributed by atoms with Gasteiger partial charge in [-0.25, -0.2) is 0 Å². The lowest BCUT2D eigenvalue weighted by molar-refractivity contribution is 0.164. The first-order chi connectivity index (χ1) is 5.63. The third-order valence-electron chi connectivity index (χ3n) is 1.77. The van der Waals surface area contributed by atoms with Crippen molar-refractivity contribution in [3.63, 3.8) is 0 Å². The first-order valence-electron chi connectivity index (χ1n) is 3.76. The molecule has 0 aromatic carbocycles. The van der Waals surface area contributed by atoms with Crippen molar-refractivity contribution in [2.75, 3.05) is 5.73 Å². The van der Waals surface area contributed by atoms with Crippen LogP contribution in [0.4, 0.5) is 5.69 Å². The van der Waals surface area contributed by atoms with Crippen LogP contribution in [0, 0.1) is 0 Å². The lowest BCUT2D eigenvalue weighted by Crippen LogP contribution is -2.24. The summed E-state index contributed by atoms with van der Waals surface area (Å²) in [6.45, 7) is 1.62. The molecule has 0 radical (unpaired) electrons. The highest BCUT2D eigenvalue weighted by Crippen LogP contribution is 2.18. The van der Waals surface area contributed by atoms with E-state index in [4.69, 9.17) is 11.5 Å². The predicted octanol–water partition coefficient (Wildman–Crippen LogP) is 0.0444. The van der Waals surface area contributed by atoms with Gasteiger partial charge in [0.25, 0.3) is 0 Å². The molecule has 0 bridgehead atoms. The molecular weight excluding hydrogens is 154 g/mol. The number of hydrogen-bond acceptors (Lipinski definition) is 4. The van der Waals surface area contributed by atoms with Crippen LogP contribution < -0.4 is 11.5 Å². The van der Waals surface area contributed by atoms with Gasteiger partial charge in [0.2, 0.25) is 0 Å². The van der Waals surface area contributed by atoms with Crippen LogP contribution in [0.15, 0.2) is 18.5 Å². The average Bonchev–Trinajstić information content (AvgIpc) is 2.04. The molecule has 0 spiro atoms. The van der Waals surface area contributed by atoms with Gasteiger partial charge in [0, 0.05) is 23.6 Å². The van der Waals surface area contributed by atoms with Crippen LogP contribution in [-0.4, -0.2) is 16.2 Å². The van der Waals surface area contributed by atoms with E-state index >= 15 is 0 Å². The lowest BCUT2D eigenvalue weighted by atomic mass is 10.0. The van der Waals surface area contributed by atoms with E-state index in [1.54, 1.807) is 25.4 Å². The third-order valence-corrected chi connectivity index (χ3v) is 1.77. The molecule has 0 aliphatic rings. The molecule has 1 aromatic heterocycles. The fourth-order valence-electron chi connectivity index (χ4n) is 0.956. The summed E-state index contributed by atoms with van der Waals surface area (Å²) < 4.78 is 0. The van der Waals surface area contributed by atoms with E-state index in [9.17, 15) is 5.11 Å². The standard InChI is InChI=1S/C8H13N3O/c1-5(12)8(10)6-4-11-3-2-7(6)9/h2-5,8,12H,10H2,1H3,(H2,9,11). The Bertz CT molecular complexity index is 262. The molecule has 1 heterocycles. The zero-order chi connectivity index (χ0) is 9.14. The van der Waals surface area contributed by atoms with E-state index in [1.807, 2.05) is 0 Å². The molecule has 0 saturated heterocycles. The van der Waals surface area contributed by atoms with Crippen molar-refractivity contribution in [1.29, 1.82) is 0 Å². The summed E-state index contributed by atoms with van der Waals surface area (Å²) in [5, 5.41) is 9.19. The molecule has 2 atom stereocenters. The second kappa shape index (κ2) is 3.51. The topological polar surface area (TPSA) is 85.2 Å². The van der Waals surface area contributed by atoms with Gasteiger partial charge in [-0.15, -0.1) is 0 Å². The van der Waals surface area contributed by atoms with Gasteiger partial charge in [0.15, 0.2) is 0 Å². The number of anilines is 1. The van der Waals surface area contributed by atoms with Gasteiger partial charge < -0.3 is 16.6 Å². The zero-order valence-corrected chi connectivity index (χ0v) is 6.94. The Kier molecular flexibility index (Phi) is 2.62. The molecule has 5 N–H and O–H groups in total. The third kappa shape index (κ3) is 1.72. The van der Waals surface area contributed by atoms with Crippen molar-refractivity contribution >= 4 is 5.69 Å². The van der Waals surface area contributed by atoms with Crippen LogP contribution in [-0.2, 0) is 0 Å². The Balaban J connectivity index is 2.94. The SMILES string of the molecule is CC(O)C(N)c1cnccc1N. The minimum Gasteiger partial charge on any atom is -0.398 e. The molecule has 4 nitrogen and oxygen atoms in total. The van der Waals surface area contributed by atoms with Crippen molar-refractivity contribution in [3.05, 3.63) is 24.0 Å². The van der Waals surface area contributed by atoms with Gasteiger partial charge in [0.05, 0.1) is 12.1 Å². The normalized spacial score (nSPS) is 15.6. The monoisotopic (exact) mass is 167 g/mol. The van der Waals surface area contributed by atoms with Gasteiger partial charge in [-0.05, 0) is 13.0 Å². The smallest absolute Gasteiger partial charge is 0.0706 e. The predicted molar refractivity (Wildman–Crippen MR) is 47.3 cm³/mol. The number of nitrogens with zero attached hydrogens (tertiary/aromatic N) is 1. The highest BCUT2D eigenvalue weighted by Gasteiger charge is 2.14. The van der Waals surface area contributed by atoms with E-state index in [0.29, 0.717) is 11.3 Å². The van der Waals surface area contributed by atoms with Crippen molar-refractivity contribution in [2.24, 2.45) is 5.73 Å². The van der Waals surface area contributed by atoms with Crippen LogP contribution in [0.5, 0.6) is 0 Å². The summed E-state index contributed by atoms with van der Waals surface area (Å²) in [7, 11) is 0. The van der Waals surface area contributed by atoms with Gasteiger partial charge in [-0.3, -0.25) is 4.98 Å². The zero-order valence-electron chi connectivity index (χ0n) is 6.94. The molecule has 12 heavy (non-hydrogen) atoms. The van der Waals surface area contributed by atoms with Gasteiger partial charge in [0.1, 0.15) is 0 Å². The van der Waals surface area contributed by atoms with E-state index in [2.05, 4.69) is 4.98 Å². The number of aliphatic hydroxyl groups excluding tert-OH is 1. The molecule has 0 aliphatic heterocycles. The second-order valence-corrected chi connectivity index (χ2v) is 2.77. The molecule has 1 rings (SSSR count). The summed E-state index contributed by atoms with van der Waals surface area (Å²) in [4.78, 5) is 3.88. The molecule has 1 aromatic rings. The Labute approximate surface area is 71.2 Å². The maximum Gasteiger partial charge on any atom is 0.0706 e. The Morgan fingerprint density at radius 2 is 2.25 bits per heavy atom.